The minimum Gasteiger partial charge on any atom is -0.365 e. The van der Waals surface area contributed by atoms with Crippen LogP contribution in [-0.2, 0) is 4.79 Å². The average Bonchev–Trinajstić information content (AvgIpc) is 1.82. The Bertz CT molecular complexity index is 176. The van der Waals surface area contributed by atoms with Crippen molar-refractivity contribution in [1.82, 2.24) is 5.01 Å². The third-order valence-electron chi connectivity index (χ3n) is 0.677. The molecule has 0 saturated heterocycles. The molecule has 0 aliphatic rings. The number of nitrogens with two attached hydrogens (primary N) is 2. The van der Waals surface area contributed by atoms with Gasteiger partial charge in [-0.3, -0.25) is 4.79 Å². The first-order chi connectivity index (χ1) is 4.54. The number of hydrazone groups is 1. The normalized spacial score (nSPS) is 9.70. The van der Waals surface area contributed by atoms with Crippen LogP contribution in [0.15, 0.2) is 5.10 Å². The molecule has 0 aromatic rings. The summed E-state index contributed by atoms with van der Waals surface area (Å²) in [6.45, 7) is 0. The van der Waals surface area contributed by atoms with Gasteiger partial charge in [0.15, 0.2) is 0 Å². The summed E-state index contributed by atoms with van der Waals surface area (Å²) >= 11 is 0. The molecule has 0 saturated carbocycles. The van der Waals surface area contributed by atoms with Crippen LogP contribution in [-0.4, -0.2) is 30.2 Å². The van der Waals surface area contributed by atoms with Crippen molar-refractivity contribution < 1.29 is 9.59 Å². The second-order valence-corrected chi connectivity index (χ2v) is 1.51. The molecule has 0 unspecified atom stereocenters. The van der Waals surface area contributed by atoms with Gasteiger partial charge in [-0.1, -0.05) is 0 Å². The van der Waals surface area contributed by atoms with E-state index in [2.05, 4.69) is 10.8 Å². The molecule has 0 fully saturated rings. The van der Waals surface area contributed by atoms with Gasteiger partial charge in [-0.25, -0.2) is 9.80 Å². The summed E-state index contributed by atoms with van der Waals surface area (Å²) < 4.78 is 0. The van der Waals surface area contributed by atoms with Crippen molar-refractivity contribution in [3.63, 3.8) is 0 Å². The Kier molecular flexibility index (Phi) is 2.89. The van der Waals surface area contributed by atoms with E-state index in [1.165, 1.54) is 7.05 Å². The third kappa shape index (κ3) is 3.42. The zero-order valence-electron chi connectivity index (χ0n) is 5.44. The van der Waals surface area contributed by atoms with Crippen LogP contribution in [0.5, 0.6) is 0 Å². The van der Waals surface area contributed by atoms with Gasteiger partial charge in [0.1, 0.15) is 6.21 Å². The number of nitrogens with zero attached hydrogens (tertiary/aromatic N) is 2. The van der Waals surface area contributed by atoms with E-state index < -0.39 is 11.9 Å². The lowest BCUT2D eigenvalue weighted by atomic mass is 10.7. The molecule has 4 N–H and O–H groups in total. The largest absolute Gasteiger partial charge is 0.365 e. The van der Waals surface area contributed by atoms with Crippen LogP contribution in [0.3, 0.4) is 0 Å². The molecular weight excluding hydrogens is 136 g/mol. The SMILES string of the molecule is CN(/N=C/C(N)=O)C(N)=O. The molecule has 0 heterocycles. The lowest BCUT2D eigenvalue weighted by Gasteiger charge is -2.03. The topological polar surface area (TPSA) is 102 Å². The predicted octanol–water partition coefficient (Wildman–Crippen LogP) is -1.53. The maximum atomic E-state index is 10.2. The van der Waals surface area contributed by atoms with Gasteiger partial charge < -0.3 is 11.5 Å². The van der Waals surface area contributed by atoms with Crippen molar-refractivity contribution in [2.45, 2.75) is 0 Å². The number of carbonyl (C=O) groups is 2. The number of rotatable bonds is 2. The van der Waals surface area contributed by atoms with Crippen molar-refractivity contribution in [1.29, 1.82) is 0 Å². The molecule has 0 aliphatic carbocycles. The fourth-order valence-electron chi connectivity index (χ4n) is 0.200. The van der Waals surface area contributed by atoms with Crippen molar-refractivity contribution >= 4 is 18.2 Å². The van der Waals surface area contributed by atoms with E-state index in [9.17, 15) is 9.59 Å². The van der Waals surface area contributed by atoms with Gasteiger partial charge in [0.05, 0.1) is 0 Å². The quantitative estimate of drug-likeness (QED) is 0.362. The van der Waals surface area contributed by atoms with E-state index in [0.717, 1.165) is 11.2 Å². The van der Waals surface area contributed by atoms with E-state index in [1.807, 2.05) is 0 Å². The highest BCUT2D eigenvalue weighted by atomic mass is 16.2. The van der Waals surface area contributed by atoms with Crippen LogP contribution in [0.4, 0.5) is 4.79 Å². The molecule has 6 heteroatoms. The summed E-state index contributed by atoms with van der Waals surface area (Å²) in [6.07, 6.45) is 0.796. The molecule has 0 atom stereocenters. The zero-order chi connectivity index (χ0) is 8.15. The van der Waals surface area contributed by atoms with E-state index in [4.69, 9.17) is 5.73 Å². The fourth-order valence-corrected chi connectivity index (χ4v) is 0.200. The Morgan fingerprint density at radius 3 is 2.30 bits per heavy atom. The lowest BCUT2D eigenvalue weighted by molar-refractivity contribution is -0.111. The molecule has 3 amide bonds. The van der Waals surface area contributed by atoms with Crippen LogP contribution in [0.2, 0.25) is 0 Å². The highest BCUT2D eigenvalue weighted by Crippen LogP contribution is 1.78. The number of urea groups is 1. The van der Waals surface area contributed by atoms with Gasteiger partial charge in [0, 0.05) is 7.05 Å². The molecule has 0 aromatic carbocycles. The van der Waals surface area contributed by atoms with Crippen LogP contribution in [0.1, 0.15) is 0 Å². The van der Waals surface area contributed by atoms with Crippen molar-refractivity contribution in [3.05, 3.63) is 0 Å². The maximum absolute atomic E-state index is 10.2. The summed E-state index contributed by atoms with van der Waals surface area (Å²) in [4.78, 5) is 20.2. The Hall–Kier alpha value is -1.59. The average molecular weight is 144 g/mol. The Morgan fingerprint density at radius 2 is 2.00 bits per heavy atom. The number of amides is 3. The van der Waals surface area contributed by atoms with Crippen molar-refractivity contribution in [3.8, 4) is 0 Å². The number of primary amides is 2. The molecule has 56 valence electrons. The number of hydrogen-bond donors (Lipinski definition) is 2. The van der Waals surface area contributed by atoms with Crippen molar-refractivity contribution in [2.24, 2.45) is 16.6 Å². The molecule has 0 spiro atoms. The van der Waals surface area contributed by atoms with E-state index in [-0.39, 0.29) is 0 Å². The molecule has 6 nitrogen and oxygen atoms in total. The summed E-state index contributed by atoms with van der Waals surface area (Å²) in [6, 6.07) is -0.752. The summed E-state index contributed by atoms with van der Waals surface area (Å²) in [5.41, 5.74) is 9.42. The van der Waals surface area contributed by atoms with Gasteiger partial charge in [0.25, 0.3) is 5.91 Å². The minimum absolute atomic E-state index is 0.729. The Morgan fingerprint density at radius 1 is 1.50 bits per heavy atom. The molecular formula is C4H8N4O2. The molecule has 10 heavy (non-hydrogen) atoms. The van der Waals surface area contributed by atoms with Gasteiger partial charge >= 0.3 is 6.03 Å². The summed E-state index contributed by atoms with van der Waals surface area (Å²) in [7, 11) is 1.31. The summed E-state index contributed by atoms with van der Waals surface area (Å²) in [5, 5.41) is 4.08. The fraction of sp³-hybridized carbons (Fsp3) is 0.250. The lowest BCUT2D eigenvalue weighted by Crippen LogP contribution is -2.28. The monoisotopic (exact) mass is 144 g/mol. The van der Waals surface area contributed by atoms with Gasteiger partial charge in [-0.2, -0.15) is 5.10 Å². The molecule has 0 aliphatic heterocycles. The first-order valence-electron chi connectivity index (χ1n) is 2.40. The van der Waals surface area contributed by atoms with E-state index >= 15 is 0 Å². The number of hydrogen-bond acceptors (Lipinski definition) is 3. The number of carbonyl (C=O) groups excluding carboxylic acids is 2. The molecule has 0 aromatic heterocycles. The zero-order valence-corrected chi connectivity index (χ0v) is 5.44. The predicted molar refractivity (Wildman–Crippen MR) is 35.0 cm³/mol. The van der Waals surface area contributed by atoms with E-state index in [1.54, 1.807) is 0 Å². The molecule has 0 radical (unpaired) electrons. The second kappa shape index (κ2) is 3.44. The van der Waals surface area contributed by atoms with Crippen LogP contribution in [0.25, 0.3) is 0 Å². The van der Waals surface area contributed by atoms with Gasteiger partial charge in [0.2, 0.25) is 0 Å². The van der Waals surface area contributed by atoms with Crippen LogP contribution >= 0.6 is 0 Å². The van der Waals surface area contributed by atoms with E-state index in [0.29, 0.717) is 0 Å². The standard InChI is InChI=1S/C4H8N4O2/c1-8(4(6)10)7-2-3(5)9/h2H,1H3,(H2,5,9)(H2,6,10)/b7-2+. The summed E-state index contributed by atoms with van der Waals surface area (Å²) in [5.74, 6) is -0.729. The van der Waals surface area contributed by atoms with Crippen LogP contribution in [0, 0.1) is 0 Å². The highest BCUT2D eigenvalue weighted by Gasteiger charge is 1.97. The highest BCUT2D eigenvalue weighted by molar-refractivity contribution is 6.25. The first-order valence-corrected chi connectivity index (χ1v) is 2.40. The molecule has 0 rings (SSSR count). The third-order valence-corrected chi connectivity index (χ3v) is 0.677. The van der Waals surface area contributed by atoms with Crippen LogP contribution < -0.4 is 11.5 Å². The smallest absolute Gasteiger partial charge is 0.334 e. The molecule has 0 bridgehead atoms. The Balaban J connectivity index is 3.89. The minimum atomic E-state index is -0.752. The van der Waals surface area contributed by atoms with Crippen molar-refractivity contribution in [2.75, 3.05) is 7.05 Å². The Labute approximate surface area is 57.5 Å². The van der Waals surface area contributed by atoms with Gasteiger partial charge in [-0.15, -0.1) is 0 Å². The first kappa shape index (κ1) is 8.41. The van der Waals surface area contributed by atoms with Gasteiger partial charge in [-0.05, 0) is 0 Å². The second-order valence-electron chi connectivity index (χ2n) is 1.51. The maximum Gasteiger partial charge on any atom is 0.334 e.